The Bertz CT molecular complexity index is 4030. The van der Waals surface area contributed by atoms with Gasteiger partial charge in [0, 0.05) is 38.2 Å². The Labute approximate surface area is 407 Å². The number of aryl methyl sites for hydroxylation is 3. The molecular formula is C62H41F3N6. The second-order valence-electron chi connectivity index (χ2n) is 18.1. The summed E-state index contributed by atoms with van der Waals surface area (Å²) in [5.74, 6) is 1.40. The van der Waals surface area contributed by atoms with Crippen molar-refractivity contribution >= 4 is 49.3 Å². The lowest BCUT2D eigenvalue weighted by atomic mass is 9.92. The van der Waals surface area contributed by atoms with E-state index in [1.807, 2.05) is 128 Å². The lowest BCUT2D eigenvalue weighted by Gasteiger charge is -2.22. The van der Waals surface area contributed by atoms with Crippen LogP contribution in [0.2, 0.25) is 0 Å². The van der Waals surface area contributed by atoms with Gasteiger partial charge in [0.2, 0.25) is 0 Å². The summed E-state index contributed by atoms with van der Waals surface area (Å²) in [6, 6.07) is 62.5. The molecule has 12 rings (SSSR count). The van der Waals surface area contributed by atoms with Gasteiger partial charge >= 0.3 is 6.18 Å². The number of para-hydroxylation sites is 1. The van der Waals surface area contributed by atoms with E-state index < -0.39 is 11.7 Å². The van der Waals surface area contributed by atoms with Gasteiger partial charge in [0.05, 0.1) is 51.1 Å². The van der Waals surface area contributed by atoms with Crippen molar-refractivity contribution in [3.05, 3.63) is 228 Å². The summed E-state index contributed by atoms with van der Waals surface area (Å²) in [4.78, 5) is 19.8. The SMILES string of the molecule is [C-]#[N+]c1ccccc1-c1ccc(-n2c3ccc(C)cc3c3cc(C(F)(F)F)ccc32)c(-c2cccc(-n3c4ccc(C)cc4c4cc(C)ccc43)c2-c2nc(-c3ccccc3)nc(-c3ccccc3)n2)c1. The molecule has 0 fully saturated rings. The molecular weight excluding hydrogens is 886 g/mol. The molecule has 3 heterocycles. The van der Waals surface area contributed by atoms with E-state index in [0.29, 0.717) is 50.7 Å². The maximum absolute atomic E-state index is 14.5. The molecule has 0 aliphatic heterocycles. The molecule has 0 saturated carbocycles. The molecule has 0 amide bonds. The van der Waals surface area contributed by atoms with Crippen molar-refractivity contribution in [2.24, 2.45) is 0 Å². The predicted molar refractivity (Wildman–Crippen MR) is 281 cm³/mol. The maximum Gasteiger partial charge on any atom is 0.416 e. The van der Waals surface area contributed by atoms with Gasteiger partial charge in [-0.15, -0.1) is 0 Å². The van der Waals surface area contributed by atoms with E-state index in [1.54, 1.807) is 6.07 Å². The van der Waals surface area contributed by atoms with E-state index in [0.717, 1.165) is 89.1 Å². The molecule has 0 saturated heterocycles. The Morgan fingerprint density at radius 1 is 0.408 bits per heavy atom. The number of alkyl halides is 3. The fourth-order valence-electron chi connectivity index (χ4n) is 10.1. The molecule has 0 aliphatic rings. The van der Waals surface area contributed by atoms with Crippen LogP contribution in [0.15, 0.2) is 194 Å². The van der Waals surface area contributed by atoms with Gasteiger partial charge in [0.1, 0.15) is 0 Å². The van der Waals surface area contributed by atoms with Crippen LogP contribution in [0.1, 0.15) is 22.3 Å². The molecule has 9 heteroatoms. The lowest BCUT2D eigenvalue weighted by Crippen LogP contribution is -2.06. The normalized spacial score (nSPS) is 11.8. The minimum Gasteiger partial charge on any atom is -0.309 e. The Morgan fingerprint density at radius 3 is 1.44 bits per heavy atom. The highest BCUT2D eigenvalue weighted by Gasteiger charge is 2.32. The van der Waals surface area contributed by atoms with Gasteiger partial charge in [-0.3, -0.25) is 0 Å². The third-order valence-corrected chi connectivity index (χ3v) is 13.4. The largest absolute Gasteiger partial charge is 0.416 e. The number of rotatable bonds is 7. The van der Waals surface area contributed by atoms with Crippen molar-refractivity contribution in [1.29, 1.82) is 0 Å². The first-order chi connectivity index (χ1) is 34.5. The van der Waals surface area contributed by atoms with Crippen LogP contribution in [0.25, 0.3) is 116 Å². The predicted octanol–water partition coefficient (Wildman–Crippen LogP) is 16.9. The van der Waals surface area contributed by atoms with Gasteiger partial charge in [0.15, 0.2) is 23.2 Å². The van der Waals surface area contributed by atoms with Crippen LogP contribution in [0.5, 0.6) is 0 Å². The van der Waals surface area contributed by atoms with Crippen LogP contribution in [0.3, 0.4) is 0 Å². The molecule has 0 atom stereocenters. The van der Waals surface area contributed by atoms with E-state index in [9.17, 15) is 13.2 Å². The number of aromatic nitrogens is 5. The van der Waals surface area contributed by atoms with Crippen LogP contribution < -0.4 is 0 Å². The number of nitrogens with zero attached hydrogens (tertiary/aromatic N) is 6. The fraction of sp³-hybridized carbons (Fsp3) is 0.0645. The van der Waals surface area contributed by atoms with Gasteiger partial charge < -0.3 is 9.13 Å². The first-order valence-electron chi connectivity index (χ1n) is 23.3. The Balaban J connectivity index is 1.26. The smallest absolute Gasteiger partial charge is 0.309 e. The first-order valence-corrected chi connectivity index (χ1v) is 23.3. The van der Waals surface area contributed by atoms with Crippen molar-refractivity contribution in [3.8, 4) is 67.8 Å². The second kappa shape index (κ2) is 16.8. The third kappa shape index (κ3) is 7.40. The zero-order valence-corrected chi connectivity index (χ0v) is 38.8. The zero-order chi connectivity index (χ0) is 48.5. The van der Waals surface area contributed by atoms with Gasteiger partial charge in [-0.05, 0) is 110 Å². The maximum atomic E-state index is 14.5. The lowest BCUT2D eigenvalue weighted by molar-refractivity contribution is -0.137. The molecule has 3 aromatic heterocycles. The van der Waals surface area contributed by atoms with E-state index in [1.165, 1.54) is 6.07 Å². The quantitative estimate of drug-likeness (QED) is 0.150. The summed E-state index contributed by atoms with van der Waals surface area (Å²) < 4.78 is 47.8. The van der Waals surface area contributed by atoms with Crippen LogP contribution in [0.4, 0.5) is 18.9 Å². The molecule has 0 spiro atoms. The summed E-state index contributed by atoms with van der Waals surface area (Å²) >= 11 is 0. The summed E-state index contributed by atoms with van der Waals surface area (Å²) in [6.45, 7) is 14.3. The van der Waals surface area contributed by atoms with Gasteiger partial charge in [-0.2, -0.15) is 13.2 Å². The van der Waals surface area contributed by atoms with Crippen molar-refractivity contribution < 1.29 is 13.2 Å². The van der Waals surface area contributed by atoms with Crippen LogP contribution in [-0.4, -0.2) is 24.1 Å². The summed E-state index contributed by atoms with van der Waals surface area (Å²) in [7, 11) is 0. The summed E-state index contributed by atoms with van der Waals surface area (Å²) in [6.07, 6.45) is -4.54. The Hall–Kier alpha value is -9.13. The highest BCUT2D eigenvalue weighted by molar-refractivity contribution is 6.12. The molecule has 0 N–H and O–H groups in total. The van der Waals surface area contributed by atoms with Crippen molar-refractivity contribution in [2.45, 2.75) is 26.9 Å². The molecule has 12 aromatic rings. The number of benzene rings is 9. The second-order valence-corrected chi connectivity index (χ2v) is 18.1. The van der Waals surface area contributed by atoms with Gasteiger partial charge in [-0.1, -0.05) is 138 Å². The Kier molecular flexibility index (Phi) is 10.2. The summed E-state index contributed by atoms with van der Waals surface area (Å²) in [5, 5.41) is 3.38. The number of fused-ring (bicyclic) bond motifs is 6. The van der Waals surface area contributed by atoms with Crippen LogP contribution >= 0.6 is 0 Å². The minimum atomic E-state index is -4.54. The average molecular weight is 927 g/mol. The molecule has 9 aromatic carbocycles. The standard InChI is InChI=1S/C62H41F3N6/c1-37-23-28-53-46(32-37)47-33-38(2)24-29-54(47)71(53)57-21-13-19-45(58(57)61-68-59(40-14-7-5-8-15-40)67-60(69-61)41-16-9-6-10-17-41)49-35-42(44-18-11-12-20-51(44)66-4)25-30-55(49)70-52-27-22-39(3)34-48(52)50-36-43(62(63,64)65)26-31-56(50)70/h5-36H,1-3H3. The first kappa shape index (κ1) is 43.2. The van der Waals surface area contributed by atoms with E-state index in [4.69, 9.17) is 21.5 Å². The Morgan fingerprint density at radius 2 is 0.887 bits per heavy atom. The average Bonchev–Trinajstić information content (AvgIpc) is 3.89. The molecule has 71 heavy (non-hydrogen) atoms. The number of halogens is 3. The van der Waals surface area contributed by atoms with Gasteiger partial charge in [0.25, 0.3) is 0 Å². The minimum absolute atomic E-state index is 0.420. The molecule has 0 unspecified atom stereocenters. The molecule has 0 aliphatic carbocycles. The number of hydrogen-bond acceptors (Lipinski definition) is 3. The van der Waals surface area contributed by atoms with Gasteiger partial charge in [-0.25, -0.2) is 19.8 Å². The third-order valence-electron chi connectivity index (χ3n) is 13.4. The van der Waals surface area contributed by atoms with Crippen LogP contribution in [-0.2, 0) is 6.18 Å². The molecule has 0 bridgehead atoms. The molecule has 0 radical (unpaired) electrons. The molecule has 6 nitrogen and oxygen atoms in total. The topological polar surface area (TPSA) is 52.9 Å². The van der Waals surface area contributed by atoms with E-state index >= 15 is 0 Å². The van der Waals surface area contributed by atoms with Crippen molar-refractivity contribution in [1.82, 2.24) is 24.1 Å². The van der Waals surface area contributed by atoms with Crippen molar-refractivity contribution in [2.75, 3.05) is 0 Å². The van der Waals surface area contributed by atoms with Crippen molar-refractivity contribution in [3.63, 3.8) is 0 Å². The highest BCUT2D eigenvalue weighted by atomic mass is 19.4. The molecule has 340 valence electrons. The van der Waals surface area contributed by atoms with E-state index in [-0.39, 0.29) is 0 Å². The van der Waals surface area contributed by atoms with Crippen LogP contribution in [0, 0.1) is 27.3 Å². The monoisotopic (exact) mass is 926 g/mol. The van der Waals surface area contributed by atoms with E-state index in [2.05, 4.69) is 82.4 Å². The number of hydrogen-bond donors (Lipinski definition) is 0. The summed E-state index contributed by atoms with van der Waals surface area (Å²) in [5.41, 5.74) is 13.2. The zero-order valence-electron chi connectivity index (χ0n) is 38.8. The fourth-order valence-corrected chi connectivity index (χ4v) is 10.1. The highest BCUT2D eigenvalue weighted by Crippen LogP contribution is 2.47.